The van der Waals surface area contributed by atoms with Gasteiger partial charge in [-0.05, 0) is 42.5 Å². The third-order valence-electron chi connectivity index (χ3n) is 3.39. The Morgan fingerprint density at radius 3 is 2.36 bits per heavy atom. The lowest BCUT2D eigenvalue weighted by atomic mass is 10.2. The van der Waals surface area contributed by atoms with E-state index in [2.05, 4.69) is 20.6 Å². The Morgan fingerprint density at radius 2 is 1.68 bits per heavy atom. The van der Waals surface area contributed by atoms with Crippen molar-refractivity contribution in [3.8, 4) is 11.6 Å². The smallest absolute Gasteiger partial charge is 0.416 e. The summed E-state index contributed by atoms with van der Waals surface area (Å²) in [5.74, 6) is 0.696. The molecule has 1 aromatic heterocycles. The Bertz CT molecular complexity index is 981. The first-order valence-electron chi connectivity index (χ1n) is 7.80. The van der Waals surface area contributed by atoms with Gasteiger partial charge in [-0.2, -0.15) is 13.2 Å². The molecule has 28 heavy (non-hydrogen) atoms. The second-order valence-corrected chi connectivity index (χ2v) is 5.85. The molecule has 3 aromatic rings. The number of anilines is 2. The van der Waals surface area contributed by atoms with E-state index in [1.54, 1.807) is 24.3 Å². The minimum absolute atomic E-state index is 0.0212. The van der Waals surface area contributed by atoms with Crippen LogP contribution in [0.15, 0.2) is 60.9 Å². The predicted molar refractivity (Wildman–Crippen MR) is 97.6 cm³/mol. The summed E-state index contributed by atoms with van der Waals surface area (Å²) in [4.78, 5) is 19.6. The minimum atomic E-state index is -4.49. The molecular weight excluding hydrogens is 397 g/mol. The SMILES string of the molecule is O=C(Nc1ccc(Oc2cc(Cl)ncn2)cc1)Nc1cccc(C(F)(F)F)c1. The molecule has 0 atom stereocenters. The molecule has 3 rings (SSSR count). The number of hydrogen-bond donors (Lipinski definition) is 2. The van der Waals surface area contributed by atoms with E-state index < -0.39 is 17.8 Å². The second-order valence-electron chi connectivity index (χ2n) is 5.46. The number of rotatable bonds is 4. The van der Waals surface area contributed by atoms with Crippen molar-refractivity contribution >= 4 is 29.0 Å². The molecule has 0 saturated carbocycles. The number of carbonyl (C=O) groups excluding carboxylic acids is 1. The van der Waals surface area contributed by atoms with Gasteiger partial charge in [-0.1, -0.05) is 17.7 Å². The van der Waals surface area contributed by atoms with Gasteiger partial charge in [0.1, 0.15) is 17.2 Å². The maximum absolute atomic E-state index is 12.7. The van der Waals surface area contributed by atoms with Crippen molar-refractivity contribution in [1.82, 2.24) is 9.97 Å². The summed E-state index contributed by atoms with van der Waals surface area (Å²) in [6, 6.07) is 11.4. The Balaban J connectivity index is 1.60. The van der Waals surface area contributed by atoms with E-state index in [1.165, 1.54) is 24.5 Å². The molecule has 0 aliphatic carbocycles. The second kappa shape index (κ2) is 8.13. The molecule has 0 spiro atoms. The summed E-state index contributed by atoms with van der Waals surface area (Å²) in [6.07, 6.45) is -3.23. The fraction of sp³-hybridized carbons (Fsp3) is 0.0556. The van der Waals surface area contributed by atoms with E-state index in [0.717, 1.165) is 12.1 Å². The normalized spacial score (nSPS) is 11.0. The van der Waals surface area contributed by atoms with E-state index >= 15 is 0 Å². The van der Waals surface area contributed by atoms with Crippen molar-refractivity contribution in [3.63, 3.8) is 0 Å². The first-order chi connectivity index (χ1) is 13.3. The number of halogens is 4. The monoisotopic (exact) mass is 408 g/mol. The number of nitrogens with one attached hydrogen (secondary N) is 2. The molecule has 2 aromatic carbocycles. The Morgan fingerprint density at radius 1 is 0.964 bits per heavy atom. The van der Waals surface area contributed by atoms with Crippen molar-refractivity contribution in [3.05, 3.63) is 71.6 Å². The van der Waals surface area contributed by atoms with E-state index in [0.29, 0.717) is 11.4 Å². The van der Waals surface area contributed by atoms with Crippen molar-refractivity contribution < 1.29 is 22.7 Å². The third-order valence-corrected chi connectivity index (χ3v) is 3.60. The lowest BCUT2D eigenvalue weighted by Gasteiger charge is -2.11. The Labute approximate surface area is 162 Å². The summed E-state index contributed by atoms with van der Waals surface area (Å²) in [5, 5.41) is 5.10. The largest absolute Gasteiger partial charge is 0.439 e. The zero-order valence-corrected chi connectivity index (χ0v) is 14.8. The lowest BCUT2D eigenvalue weighted by Crippen LogP contribution is -2.19. The highest BCUT2D eigenvalue weighted by Gasteiger charge is 2.30. The maximum atomic E-state index is 12.7. The molecule has 10 heteroatoms. The average Bonchev–Trinajstić information content (AvgIpc) is 2.63. The highest BCUT2D eigenvalue weighted by molar-refractivity contribution is 6.29. The van der Waals surface area contributed by atoms with E-state index in [-0.39, 0.29) is 16.7 Å². The van der Waals surface area contributed by atoms with Crippen LogP contribution in [-0.2, 0) is 6.18 Å². The number of benzene rings is 2. The summed E-state index contributed by atoms with van der Waals surface area (Å²) in [7, 11) is 0. The van der Waals surface area contributed by atoms with Crippen LogP contribution in [-0.4, -0.2) is 16.0 Å². The van der Waals surface area contributed by atoms with Gasteiger partial charge in [0.15, 0.2) is 0 Å². The van der Waals surface area contributed by atoms with Crippen LogP contribution in [0.1, 0.15) is 5.56 Å². The summed E-state index contributed by atoms with van der Waals surface area (Å²) in [6.45, 7) is 0. The number of nitrogens with zero attached hydrogens (tertiary/aromatic N) is 2. The number of alkyl halides is 3. The van der Waals surface area contributed by atoms with Crippen molar-refractivity contribution in [2.75, 3.05) is 10.6 Å². The van der Waals surface area contributed by atoms with Crippen molar-refractivity contribution in [2.24, 2.45) is 0 Å². The van der Waals surface area contributed by atoms with Gasteiger partial charge in [0.2, 0.25) is 5.88 Å². The Kier molecular flexibility index (Phi) is 5.65. The molecule has 144 valence electrons. The topological polar surface area (TPSA) is 76.1 Å². The molecule has 0 aliphatic rings. The van der Waals surface area contributed by atoms with Crippen LogP contribution in [0, 0.1) is 0 Å². The zero-order chi connectivity index (χ0) is 20.1. The van der Waals surface area contributed by atoms with Gasteiger partial charge in [0.25, 0.3) is 0 Å². The minimum Gasteiger partial charge on any atom is -0.439 e. The number of carbonyl (C=O) groups is 1. The molecule has 0 radical (unpaired) electrons. The quantitative estimate of drug-likeness (QED) is 0.552. The zero-order valence-electron chi connectivity index (χ0n) is 14.0. The fourth-order valence-electron chi connectivity index (χ4n) is 2.17. The summed E-state index contributed by atoms with van der Waals surface area (Å²) in [5.41, 5.74) is -0.415. The van der Waals surface area contributed by atoms with E-state index in [4.69, 9.17) is 16.3 Å². The van der Waals surface area contributed by atoms with Crippen molar-refractivity contribution in [2.45, 2.75) is 6.18 Å². The number of aromatic nitrogens is 2. The molecule has 0 fully saturated rings. The van der Waals surface area contributed by atoms with Crippen molar-refractivity contribution in [1.29, 1.82) is 0 Å². The summed E-state index contributed by atoms with van der Waals surface area (Å²) < 4.78 is 43.6. The van der Waals surface area contributed by atoms with Gasteiger partial charge in [0, 0.05) is 17.4 Å². The molecule has 0 bridgehead atoms. The first-order valence-corrected chi connectivity index (χ1v) is 8.18. The van der Waals surface area contributed by atoms with Gasteiger partial charge in [-0.15, -0.1) is 0 Å². The first kappa shape index (κ1) is 19.4. The van der Waals surface area contributed by atoms with Crippen LogP contribution in [0.4, 0.5) is 29.3 Å². The third kappa shape index (κ3) is 5.34. The molecule has 6 nitrogen and oxygen atoms in total. The van der Waals surface area contributed by atoms with Gasteiger partial charge < -0.3 is 15.4 Å². The summed E-state index contributed by atoms with van der Waals surface area (Å²) >= 11 is 5.75. The van der Waals surface area contributed by atoms with Gasteiger partial charge >= 0.3 is 12.2 Å². The number of ether oxygens (including phenoxy) is 1. The Hall–Kier alpha value is -3.33. The molecular formula is C18H12ClF3N4O2. The lowest BCUT2D eigenvalue weighted by molar-refractivity contribution is -0.137. The highest BCUT2D eigenvalue weighted by atomic mass is 35.5. The number of amides is 2. The standard InChI is InChI=1S/C18H12ClF3N4O2/c19-15-9-16(24-10-23-15)28-14-6-4-12(5-7-14)25-17(27)26-13-3-1-2-11(8-13)18(20,21)22/h1-10H,(H2,25,26,27). The maximum Gasteiger partial charge on any atom is 0.416 e. The van der Waals surface area contributed by atoms with Crippen LogP contribution in [0.25, 0.3) is 0 Å². The van der Waals surface area contributed by atoms with Gasteiger partial charge in [0.05, 0.1) is 5.56 Å². The molecule has 2 amide bonds. The van der Waals surface area contributed by atoms with Crippen LogP contribution < -0.4 is 15.4 Å². The van der Waals surface area contributed by atoms with E-state index in [9.17, 15) is 18.0 Å². The molecule has 0 unspecified atom stereocenters. The average molecular weight is 409 g/mol. The van der Waals surface area contributed by atoms with E-state index in [1.807, 2.05) is 0 Å². The van der Waals surface area contributed by atoms with Crippen LogP contribution in [0.3, 0.4) is 0 Å². The molecule has 0 aliphatic heterocycles. The van der Waals surface area contributed by atoms with Gasteiger partial charge in [-0.25, -0.2) is 14.8 Å². The number of urea groups is 1. The molecule has 2 N–H and O–H groups in total. The molecule has 1 heterocycles. The molecule has 0 saturated heterocycles. The fourth-order valence-corrected chi connectivity index (χ4v) is 2.30. The van der Waals surface area contributed by atoms with Crippen LogP contribution >= 0.6 is 11.6 Å². The highest BCUT2D eigenvalue weighted by Crippen LogP contribution is 2.30. The predicted octanol–water partition coefficient (Wildman–Crippen LogP) is 5.59. The van der Waals surface area contributed by atoms with Crippen LogP contribution in [0.5, 0.6) is 11.6 Å². The van der Waals surface area contributed by atoms with Crippen LogP contribution in [0.2, 0.25) is 5.15 Å². The number of hydrogen-bond acceptors (Lipinski definition) is 4. The van der Waals surface area contributed by atoms with Gasteiger partial charge in [-0.3, -0.25) is 0 Å².